The molecule has 0 aromatic carbocycles. The van der Waals surface area contributed by atoms with Crippen LogP contribution in [0.5, 0.6) is 0 Å². The fourth-order valence-corrected chi connectivity index (χ4v) is 4.11. The summed E-state index contributed by atoms with van der Waals surface area (Å²) in [5, 5.41) is 3.11. The number of hydrogen-bond acceptors (Lipinski definition) is 3. The van der Waals surface area contributed by atoms with Crippen molar-refractivity contribution in [3.05, 3.63) is 0 Å². The van der Waals surface area contributed by atoms with E-state index in [0.29, 0.717) is 12.3 Å². The number of carbonyl (C=O) groups excluding carboxylic acids is 1. The van der Waals surface area contributed by atoms with Gasteiger partial charge in [0.15, 0.2) is 0 Å². The number of nitrogens with one attached hydrogen (secondary N) is 1. The third kappa shape index (κ3) is 6.07. The first kappa shape index (κ1) is 18.7. The van der Waals surface area contributed by atoms with Crippen LogP contribution >= 0.6 is 0 Å². The number of rotatable bonds is 7. The number of carbonyl (C=O) groups is 1. The summed E-state index contributed by atoms with van der Waals surface area (Å²) in [6.45, 7) is 11.4. The largest absolute Gasteiger partial charge is 0.343 e. The van der Waals surface area contributed by atoms with Crippen molar-refractivity contribution < 1.29 is 4.79 Å². The van der Waals surface area contributed by atoms with Gasteiger partial charge in [0, 0.05) is 26.1 Å². The Hall–Kier alpha value is -0.610. The first-order valence-electron chi connectivity index (χ1n) is 9.75. The fourth-order valence-electron chi connectivity index (χ4n) is 4.11. The molecule has 0 spiro atoms. The summed E-state index contributed by atoms with van der Waals surface area (Å²) in [7, 11) is 1.94. The van der Waals surface area contributed by atoms with Crippen molar-refractivity contribution in [2.24, 2.45) is 17.8 Å². The summed E-state index contributed by atoms with van der Waals surface area (Å²) in [5.74, 6) is 2.93. The second-order valence-electron chi connectivity index (χ2n) is 7.91. The van der Waals surface area contributed by atoms with Crippen molar-refractivity contribution in [1.82, 2.24) is 15.1 Å². The van der Waals surface area contributed by atoms with Gasteiger partial charge in [0.2, 0.25) is 5.91 Å². The predicted molar refractivity (Wildman–Crippen MR) is 96.5 cm³/mol. The quantitative estimate of drug-likeness (QED) is 0.732. The van der Waals surface area contributed by atoms with Crippen LogP contribution in [0.4, 0.5) is 0 Å². The van der Waals surface area contributed by atoms with Crippen LogP contribution in [0.1, 0.15) is 52.4 Å². The molecule has 1 N–H and O–H groups in total. The van der Waals surface area contributed by atoms with Gasteiger partial charge in [-0.2, -0.15) is 0 Å². The summed E-state index contributed by atoms with van der Waals surface area (Å²) in [4.78, 5) is 16.9. The number of amides is 1. The summed E-state index contributed by atoms with van der Waals surface area (Å²) >= 11 is 0. The van der Waals surface area contributed by atoms with Crippen molar-refractivity contribution in [3.63, 3.8) is 0 Å². The van der Waals surface area contributed by atoms with E-state index in [0.717, 1.165) is 43.8 Å². The highest BCUT2D eigenvalue weighted by Crippen LogP contribution is 2.26. The second-order valence-corrected chi connectivity index (χ2v) is 7.91. The van der Waals surface area contributed by atoms with Crippen LogP contribution in [0.3, 0.4) is 0 Å². The molecule has 0 aliphatic carbocycles. The Labute approximate surface area is 143 Å². The Morgan fingerprint density at radius 1 is 1.09 bits per heavy atom. The number of nitrogens with zero attached hydrogens (tertiary/aromatic N) is 2. The van der Waals surface area contributed by atoms with E-state index < -0.39 is 0 Å². The highest BCUT2D eigenvalue weighted by atomic mass is 16.2. The minimum atomic E-state index is 0.358. The molecule has 0 unspecified atom stereocenters. The Morgan fingerprint density at radius 3 is 2.30 bits per heavy atom. The Balaban J connectivity index is 1.62. The molecule has 1 amide bonds. The maximum atomic E-state index is 12.2. The minimum Gasteiger partial charge on any atom is -0.343 e. The molecule has 2 fully saturated rings. The molecular formula is C19H37N3O. The molecular weight excluding hydrogens is 286 g/mol. The minimum absolute atomic E-state index is 0.358. The fraction of sp³-hybridized carbons (Fsp3) is 0.947. The zero-order chi connectivity index (χ0) is 16.7. The first-order chi connectivity index (χ1) is 11.1. The van der Waals surface area contributed by atoms with Crippen LogP contribution in [0.25, 0.3) is 0 Å². The molecule has 0 saturated carbocycles. The first-order valence-corrected chi connectivity index (χ1v) is 9.75. The molecule has 4 heteroatoms. The number of likely N-dealkylation sites (tertiary alicyclic amines) is 2. The van der Waals surface area contributed by atoms with E-state index in [4.69, 9.17) is 0 Å². The number of piperidine rings is 2. The van der Waals surface area contributed by atoms with Gasteiger partial charge in [0.1, 0.15) is 0 Å². The lowest BCUT2D eigenvalue weighted by Gasteiger charge is -2.38. The lowest BCUT2D eigenvalue weighted by molar-refractivity contribution is -0.132. The lowest BCUT2D eigenvalue weighted by Crippen LogP contribution is -2.43. The Morgan fingerprint density at radius 2 is 1.74 bits per heavy atom. The van der Waals surface area contributed by atoms with Gasteiger partial charge < -0.3 is 15.1 Å². The summed E-state index contributed by atoms with van der Waals surface area (Å²) < 4.78 is 0. The second kappa shape index (κ2) is 9.63. The molecule has 0 radical (unpaired) electrons. The average Bonchev–Trinajstić information content (AvgIpc) is 2.56. The molecule has 23 heavy (non-hydrogen) atoms. The smallest absolute Gasteiger partial charge is 0.222 e. The molecule has 2 saturated heterocycles. The lowest BCUT2D eigenvalue weighted by atomic mass is 9.86. The topological polar surface area (TPSA) is 35.6 Å². The van der Waals surface area contributed by atoms with Crippen LogP contribution in [0.2, 0.25) is 0 Å². The molecule has 134 valence electrons. The molecule has 2 aliphatic rings. The summed E-state index contributed by atoms with van der Waals surface area (Å²) in [6, 6.07) is 0. The number of hydrogen-bond donors (Lipinski definition) is 1. The SMILES string of the molecule is CNCCCC(=O)N1CCC(CN2CCC(C(C)C)CC2)CC1. The van der Waals surface area contributed by atoms with E-state index >= 15 is 0 Å². The molecule has 0 bridgehead atoms. The van der Waals surface area contributed by atoms with E-state index in [1.165, 1.54) is 45.3 Å². The third-order valence-electron chi connectivity index (χ3n) is 5.88. The molecule has 0 aromatic rings. The van der Waals surface area contributed by atoms with Gasteiger partial charge >= 0.3 is 0 Å². The molecule has 0 atom stereocenters. The van der Waals surface area contributed by atoms with Gasteiger partial charge in [0.25, 0.3) is 0 Å². The van der Waals surface area contributed by atoms with Gasteiger partial charge in [-0.1, -0.05) is 13.8 Å². The van der Waals surface area contributed by atoms with Gasteiger partial charge in [-0.25, -0.2) is 0 Å². The third-order valence-corrected chi connectivity index (χ3v) is 5.88. The molecule has 0 aromatic heterocycles. The molecule has 2 rings (SSSR count). The molecule has 2 heterocycles. The van der Waals surface area contributed by atoms with E-state index in [2.05, 4.69) is 29.0 Å². The van der Waals surface area contributed by atoms with Crippen LogP contribution in [-0.4, -0.2) is 62.0 Å². The van der Waals surface area contributed by atoms with Gasteiger partial charge in [-0.15, -0.1) is 0 Å². The van der Waals surface area contributed by atoms with Crippen molar-refractivity contribution >= 4 is 5.91 Å². The zero-order valence-electron chi connectivity index (χ0n) is 15.5. The average molecular weight is 324 g/mol. The van der Waals surface area contributed by atoms with E-state index in [1.54, 1.807) is 0 Å². The van der Waals surface area contributed by atoms with Crippen molar-refractivity contribution in [1.29, 1.82) is 0 Å². The Bertz CT molecular complexity index is 343. The van der Waals surface area contributed by atoms with Crippen molar-refractivity contribution in [2.75, 3.05) is 46.3 Å². The maximum absolute atomic E-state index is 12.2. The van der Waals surface area contributed by atoms with Crippen LogP contribution in [0.15, 0.2) is 0 Å². The Kier molecular flexibility index (Phi) is 7.84. The zero-order valence-corrected chi connectivity index (χ0v) is 15.5. The highest BCUT2D eigenvalue weighted by molar-refractivity contribution is 5.76. The van der Waals surface area contributed by atoms with Crippen molar-refractivity contribution in [2.45, 2.75) is 52.4 Å². The molecule has 4 nitrogen and oxygen atoms in total. The van der Waals surface area contributed by atoms with Crippen LogP contribution in [-0.2, 0) is 4.79 Å². The van der Waals surface area contributed by atoms with E-state index in [-0.39, 0.29) is 0 Å². The normalized spacial score (nSPS) is 22.0. The monoisotopic (exact) mass is 323 g/mol. The molecule has 2 aliphatic heterocycles. The standard InChI is InChI=1S/C19H37N3O/c1-16(2)18-8-11-21(12-9-18)15-17-6-13-22(14-7-17)19(23)5-4-10-20-3/h16-18,20H,4-15H2,1-3H3. The van der Waals surface area contributed by atoms with Gasteiger partial charge in [-0.05, 0) is 76.5 Å². The van der Waals surface area contributed by atoms with Crippen LogP contribution in [0, 0.1) is 17.8 Å². The van der Waals surface area contributed by atoms with Gasteiger partial charge in [0.05, 0.1) is 0 Å². The summed E-state index contributed by atoms with van der Waals surface area (Å²) in [5.41, 5.74) is 0. The highest BCUT2D eigenvalue weighted by Gasteiger charge is 2.26. The predicted octanol–water partition coefficient (Wildman–Crippen LogP) is 2.59. The van der Waals surface area contributed by atoms with Crippen molar-refractivity contribution in [3.8, 4) is 0 Å². The van der Waals surface area contributed by atoms with Gasteiger partial charge in [-0.3, -0.25) is 4.79 Å². The van der Waals surface area contributed by atoms with E-state index in [9.17, 15) is 4.79 Å². The maximum Gasteiger partial charge on any atom is 0.222 e. The van der Waals surface area contributed by atoms with E-state index in [1.807, 2.05) is 7.05 Å². The summed E-state index contributed by atoms with van der Waals surface area (Å²) in [6.07, 6.45) is 6.80. The van der Waals surface area contributed by atoms with Crippen LogP contribution < -0.4 is 5.32 Å².